The van der Waals surface area contributed by atoms with E-state index in [4.69, 9.17) is 9.47 Å². The molecule has 0 aliphatic carbocycles. The van der Waals surface area contributed by atoms with E-state index in [-0.39, 0.29) is 30.3 Å². The lowest BCUT2D eigenvalue weighted by molar-refractivity contribution is -0.158. The van der Waals surface area contributed by atoms with E-state index < -0.39 is 16.0 Å². The molecule has 0 bridgehead atoms. The fourth-order valence-electron chi connectivity index (χ4n) is 2.94. The average molecular weight is 362 g/mol. The van der Waals surface area contributed by atoms with Crippen molar-refractivity contribution >= 4 is 21.9 Å². The van der Waals surface area contributed by atoms with Crippen LogP contribution in [0.4, 0.5) is 0 Å². The van der Waals surface area contributed by atoms with Crippen molar-refractivity contribution in [3.63, 3.8) is 0 Å². The minimum absolute atomic E-state index is 0.0109. The van der Waals surface area contributed by atoms with Crippen LogP contribution in [0, 0.1) is 5.92 Å². The molecule has 2 aliphatic heterocycles. The van der Waals surface area contributed by atoms with Gasteiger partial charge in [-0.15, -0.1) is 0 Å². The molecule has 2 aliphatic rings. The Kier molecular flexibility index (Phi) is 6.59. The molecule has 0 saturated carbocycles. The topological polar surface area (TPSA) is 93.2 Å². The van der Waals surface area contributed by atoms with Gasteiger partial charge in [-0.25, -0.2) is 12.7 Å². The maximum atomic E-state index is 12.1. The van der Waals surface area contributed by atoms with E-state index in [2.05, 4.69) is 0 Å². The Morgan fingerprint density at radius 3 is 2.46 bits per heavy atom. The van der Waals surface area contributed by atoms with E-state index in [1.807, 2.05) is 6.92 Å². The Bertz CT molecular complexity index is 556. The number of piperidine rings is 1. The summed E-state index contributed by atoms with van der Waals surface area (Å²) >= 11 is 0. The number of carbonyl (C=O) groups is 2. The largest absolute Gasteiger partial charge is 0.455 e. The fourth-order valence-corrected chi connectivity index (χ4v) is 4.07. The molecule has 9 heteroatoms. The summed E-state index contributed by atoms with van der Waals surface area (Å²) in [6, 6.07) is 0. The molecule has 24 heavy (non-hydrogen) atoms. The lowest BCUT2D eigenvalue weighted by atomic mass is 9.98. The molecule has 2 saturated heterocycles. The van der Waals surface area contributed by atoms with Crippen molar-refractivity contribution in [3.8, 4) is 0 Å². The van der Waals surface area contributed by atoms with Crippen molar-refractivity contribution in [2.45, 2.75) is 32.8 Å². The second-order valence-corrected chi connectivity index (χ2v) is 8.46. The van der Waals surface area contributed by atoms with Gasteiger partial charge in [0.2, 0.25) is 10.0 Å². The van der Waals surface area contributed by atoms with Gasteiger partial charge in [0.1, 0.15) is 0 Å². The smallest absolute Gasteiger partial charge is 0.309 e. The Morgan fingerprint density at radius 2 is 1.88 bits per heavy atom. The van der Waals surface area contributed by atoms with Crippen LogP contribution in [0.2, 0.25) is 0 Å². The molecule has 1 amide bonds. The minimum Gasteiger partial charge on any atom is -0.455 e. The van der Waals surface area contributed by atoms with Crippen molar-refractivity contribution in [1.82, 2.24) is 9.21 Å². The predicted molar refractivity (Wildman–Crippen MR) is 86.7 cm³/mol. The van der Waals surface area contributed by atoms with Gasteiger partial charge < -0.3 is 14.4 Å². The first-order valence-corrected chi connectivity index (χ1v) is 9.98. The first-order valence-electron chi connectivity index (χ1n) is 8.37. The Morgan fingerprint density at radius 1 is 1.21 bits per heavy atom. The maximum Gasteiger partial charge on any atom is 0.309 e. The second kappa shape index (κ2) is 8.26. The van der Waals surface area contributed by atoms with E-state index in [9.17, 15) is 18.0 Å². The molecule has 0 N–H and O–H groups in total. The zero-order valence-corrected chi connectivity index (χ0v) is 15.1. The van der Waals surface area contributed by atoms with Gasteiger partial charge in [0.15, 0.2) is 6.61 Å². The number of hydrogen-bond acceptors (Lipinski definition) is 6. The average Bonchev–Trinajstić information content (AvgIpc) is 2.59. The van der Waals surface area contributed by atoms with Crippen LogP contribution in [0.25, 0.3) is 0 Å². The minimum atomic E-state index is -3.21. The van der Waals surface area contributed by atoms with Gasteiger partial charge in [0.05, 0.1) is 24.4 Å². The number of morpholine rings is 1. The summed E-state index contributed by atoms with van der Waals surface area (Å²) in [6.45, 7) is 5.38. The molecule has 1 atom stereocenters. The van der Waals surface area contributed by atoms with Crippen LogP contribution in [-0.2, 0) is 29.1 Å². The number of nitrogens with zero attached hydrogens (tertiary/aromatic N) is 2. The molecule has 2 rings (SSSR count). The van der Waals surface area contributed by atoms with Gasteiger partial charge in [-0.2, -0.15) is 0 Å². The normalized spacial score (nSPS) is 23.9. The standard InChI is InChI=1S/C15H26N2O6S/c1-3-24(20,21)17-6-4-13(5-7-17)15(19)23-11-14(18)16-8-9-22-12(2)10-16/h12-13H,3-11H2,1-2H3. The summed E-state index contributed by atoms with van der Waals surface area (Å²) in [6.07, 6.45) is 0.852. The van der Waals surface area contributed by atoms with Crippen LogP contribution < -0.4 is 0 Å². The van der Waals surface area contributed by atoms with Crippen LogP contribution in [0.3, 0.4) is 0 Å². The first kappa shape index (κ1) is 19.1. The van der Waals surface area contributed by atoms with Crippen molar-refractivity contribution in [2.75, 3.05) is 45.1 Å². The van der Waals surface area contributed by atoms with Gasteiger partial charge in [-0.1, -0.05) is 0 Å². The Labute approximate surface area is 143 Å². The molecule has 0 aromatic rings. The Balaban J connectivity index is 1.75. The summed E-state index contributed by atoms with van der Waals surface area (Å²) in [7, 11) is -3.21. The van der Waals surface area contributed by atoms with E-state index in [0.717, 1.165) is 0 Å². The first-order chi connectivity index (χ1) is 11.3. The third-order valence-electron chi connectivity index (χ3n) is 4.48. The Hall–Kier alpha value is -1.19. The number of ether oxygens (including phenoxy) is 2. The highest BCUT2D eigenvalue weighted by atomic mass is 32.2. The summed E-state index contributed by atoms with van der Waals surface area (Å²) in [5.41, 5.74) is 0. The van der Waals surface area contributed by atoms with Crippen LogP contribution in [-0.4, -0.2) is 80.7 Å². The van der Waals surface area contributed by atoms with Gasteiger partial charge >= 0.3 is 5.97 Å². The number of hydrogen-bond donors (Lipinski definition) is 0. The van der Waals surface area contributed by atoms with E-state index in [1.54, 1.807) is 11.8 Å². The highest BCUT2D eigenvalue weighted by molar-refractivity contribution is 7.89. The fraction of sp³-hybridized carbons (Fsp3) is 0.867. The lowest BCUT2D eigenvalue weighted by Gasteiger charge is -2.31. The molecule has 8 nitrogen and oxygen atoms in total. The molecule has 2 heterocycles. The number of sulfonamides is 1. The lowest BCUT2D eigenvalue weighted by Crippen LogP contribution is -2.46. The molecule has 138 valence electrons. The summed E-state index contributed by atoms with van der Waals surface area (Å²) < 4.78 is 35.5. The van der Waals surface area contributed by atoms with E-state index in [0.29, 0.717) is 45.6 Å². The summed E-state index contributed by atoms with van der Waals surface area (Å²) in [5.74, 6) is -0.915. The quantitative estimate of drug-likeness (QED) is 0.631. The van der Waals surface area contributed by atoms with Crippen LogP contribution >= 0.6 is 0 Å². The number of amides is 1. The monoisotopic (exact) mass is 362 g/mol. The van der Waals surface area contributed by atoms with Crippen molar-refractivity contribution in [2.24, 2.45) is 5.92 Å². The SMILES string of the molecule is CCS(=O)(=O)N1CCC(C(=O)OCC(=O)N2CCOC(C)C2)CC1. The third-order valence-corrected chi connectivity index (χ3v) is 6.36. The van der Waals surface area contributed by atoms with E-state index >= 15 is 0 Å². The molecular weight excluding hydrogens is 336 g/mol. The molecule has 1 unspecified atom stereocenters. The van der Waals surface area contributed by atoms with Gasteiger partial charge in [0, 0.05) is 26.2 Å². The third kappa shape index (κ3) is 4.90. The number of carbonyl (C=O) groups excluding carboxylic acids is 2. The van der Waals surface area contributed by atoms with Crippen LogP contribution in [0.15, 0.2) is 0 Å². The molecule has 0 spiro atoms. The van der Waals surface area contributed by atoms with Gasteiger partial charge in [-0.05, 0) is 26.7 Å². The van der Waals surface area contributed by atoms with Gasteiger partial charge in [0.25, 0.3) is 5.91 Å². The zero-order chi connectivity index (χ0) is 17.7. The zero-order valence-electron chi connectivity index (χ0n) is 14.3. The second-order valence-electron chi connectivity index (χ2n) is 6.20. The summed E-state index contributed by atoms with van der Waals surface area (Å²) in [4.78, 5) is 25.8. The van der Waals surface area contributed by atoms with Crippen molar-refractivity contribution in [1.29, 1.82) is 0 Å². The van der Waals surface area contributed by atoms with Gasteiger partial charge in [-0.3, -0.25) is 9.59 Å². The molecule has 0 aromatic carbocycles. The molecular formula is C15H26N2O6S. The van der Waals surface area contributed by atoms with E-state index in [1.165, 1.54) is 4.31 Å². The highest BCUT2D eigenvalue weighted by Crippen LogP contribution is 2.21. The highest BCUT2D eigenvalue weighted by Gasteiger charge is 2.31. The number of rotatable bonds is 5. The van der Waals surface area contributed by atoms with Crippen LogP contribution in [0.5, 0.6) is 0 Å². The summed E-state index contributed by atoms with van der Waals surface area (Å²) in [5, 5.41) is 0. The van der Waals surface area contributed by atoms with Crippen molar-refractivity contribution < 1.29 is 27.5 Å². The van der Waals surface area contributed by atoms with Crippen molar-refractivity contribution in [3.05, 3.63) is 0 Å². The van der Waals surface area contributed by atoms with Crippen LogP contribution in [0.1, 0.15) is 26.7 Å². The molecule has 0 radical (unpaired) electrons. The molecule has 0 aromatic heterocycles. The maximum absolute atomic E-state index is 12.1. The molecule has 2 fully saturated rings. The number of esters is 1. The predicted octanol–water partition coefficient (Wildman–Crippen LogP) is -0.161.